The molecule has 1 atom stereocenters. The number of amides is 1. The summed E-state index contributed by atoms with van der Waals surface area (Å²) in [6, 6.07) is 11.3. The zero-order valence-corrected chi connectivity index (χ0v) is 16.4. The van der Waals surface area contributed by atoms with Gasteiger partial charge >= 0.3 is 0 Å². The molecule has 1 amide bonds. The smallest absolute Gasteiger partial charge is 0.243 e. The van der Waals surface area contributed by atoms with Crippen LogP contribution < -0.4 is 10.1 Å². The molecule has 150 valence electrons. The molecular formula is C20H23FN2O4S. The Labute approximate surface area is 164 Å². The molecule has 2 aromatic rings. The van der Waals surface area contributed by atoms with Gasteiger partial charge in [-0.15, -0.1) is 0 Å². The Bertz CT molecular complexity index is 931. The highest BCUT2D eigenvalue weighted by Gasteiger charge is 2.34. The molecule has 1 aliphatic rings. The molecule has 0 aliphatic carbocycles. The van der Waals surface area contributed by atoms with Crippen molar-refractivity contribution in [2.75, 3.05) is 19.0 Å². The molecule has 0 unspecified atom stereocenters. The average molecular weight is 406 g/mol. The van der Waals surface area contributed by atoms with E-state index in [1.807, 2.05) is 0 Å². The van der Waals surface area contributed by atoms with Crippen molar-refractivity contribution in [3.63, 3.8) is 0 Å². The van der Waals surface area contributed by atoms with E-state index in [0.29, 0.717) is 24.4 Å². The average Bonchev–Trinajstić information content (AvgIpc) is 2.68. The van der Waals surface area contributed by atoms with Gasteiger partial charge in [0.2, 0.25) is 15.9 Å². The highest BCUT2D eigenvalue weighted by molar-refractivity contribution is 7.89. The van der Waals surface area contributed by atoms with Crippen molar-refractivity contribution < 1.29 is 22.3 Å². The molecule has 0 aromatic heterocycles. The van der Waals surface area contributed by atoms with E-state index in [1.165, 1.54) is 16.4 Å². The second-order valence-electron chi connectivity index (χ2n) is 6.70. The third-order valence-corrected chi connectivity index (χ3v) is 6.73. The van der Waals surface area contributed by atoms with Gasteiger partial charge in [0.05, 0.1) is 12.0 Å². The molecule has 2 aromatic carbocycles. The monoisotopic (exact) mass is 406 g/mol. The fraction of sp³-hybridized carbons (Fsp3) is 0.350. The molecule has 3 rings (SSSR count). The van der Waals surface area contributed by atoms with Crippen LogP contribution in [-0.4, -0.2) is 38.3 Å². The number of anilines is 1. The number of piperidine rings is 1. The van der Waals surface area contributed by atoms with E-state index in [2.05, 4.69) is 5.32 Å². The van der Waals surface area contributed by atoms with E-state index in [1.54, 1.807) is 31.4 Å². The molecule has 6 nitrogen and oxygen atoms in total. The van der Waals surface area contributed by atoms with Crippen LogP contribution in [0.4, 0.5) is 10.1 Å². The number of ether oxygens (including phenoxy) is 1. The largest absolute Gasteiger partial charge is 0.497 e. The normalized spacial score (nSPS) is 17.9. The molecule has 1 heterocycles. The fourth-order valence-corrected chi connectivity index (χ4v) is 5.06. The SMILES string of the molecule is COc1cccc(NC(=O)C[C@@H]2CCCCN2S(=O)(=O)c2ccc(F)cc2)c1. The van der Waals surface area contributed by atoms with E-state index in [0.717, 1.165) is 25.0 Å². The first kappa shape index (κ1) is 20.3. The summed E-state index contributed by atoms with van der Waals surface area (Å²) in [5.41, 5.74) is 0.591. The van der Waals surface area contributed by atoms with Crippen LogP contribution in [0, 0.1) is 5.82 Å². The Kier molecular flexibility index (Phi) is 6.31. The number of halogens is 1. The lowest BCUT2D eigenvalue weighted by Crippen LogP contribution is -2.45. The van der Waals surface area contributed by atoms with Gasteiger partial charge in [0.25, 0.3) is 0 Å². The first-order valence-electron chi connectivity index (χ1n) is 9.11. The summed E-state index contributed by atoms with van der Waals surface area (Å²) >= 11 is 0. The van der Waals surface area contributed by atoms with Gasteiger partial charge in [-0.05, 0) is 49.2 Å². The maximum Gasteiger partial charge on any atom is 0.243 e. The Morgan fingerprint density at radius 2 is 1.96 bits per heavy atom. The number of hydrogen-bond acceptors (Lipinski definition) is 4. The van der Waals surface area contributed by atoms with Crippen molar-refractivity contribution in [1.82, 2.24) is 4.31 Å². The summed E-state index contributed by atoms with van der Waals surface area (Å²) in [5.74, 6) is -0.137. The standard InChI is InChI=1S/C20H23FN2O4S/c1-27-18-7-4-5-16(13-18)22-20(24)14-17-6-2-3-12-23(17)28(25,26)19-10-8-15(21)9-11-19/h4-5,7-11,13,17H,2-3,6,12,14H2,1H3,(H,22,24)/t17-/m0/s1. The number of sulfonamides is 1. The number of benzene rings is 2. The zero-order valence-electron chi connectivity index (χ0n) is 15.6. The Balaban J connectivity index is 1.73. The molecule has 1 saturated heterocycles. The number of nitrogens with one attached hydrogen (secondary N) is 1. The lowest BCUT2D eigenvalue weighted by atomic mass is 10.0. The van der Waals surface area contributed by atoms with Crippen LogP contribution in [0.25, 0.3) is 0 Å². The summed E-state index contributed by atoms with van der Waals surface area (Å²) in [6.45, 7) is 0.344. The van der Waals surface area contributed by atoms with E-state index in [-0.39, 0.29) is 17.2 Å². The van der Waals surface area contributed by atoms with Gasteiger partial charge < -0.3 is 10.1 Å². The molecule has 1 aliphatic heterocycles. The number of hydrogen-bond donors (Lipinski definition) is 1. The molecule has 1 N–H and O–H groups in total. The van der Waals surface area contributed by atoms with Crippen LogP contribution in [0.3, 0.4) is 0 Å². The molecule has 8 heteroatoms. The summed E-state index contributed by atoms with van der Waals surface area (Å²) in [5, 5.41) is 2.79. The lowest BCUT2D eigenvalue weighted by Gasteiger charge is -2.34. The van der Waals surface area contributed by atoms with Crippen molar-refractivity contribution in [3.8, 4) is 5.75 Å². The molecule has 0 spiro atoms. The number of rotatable bonds is 6. The maximum absolute atomic E-state index is 13.2. The third-order valence-electron chi connectivity index (χ3n) is 4.77. The number of methoxy groups -OCH3 is 1. The maximum atomic E-state index is 13.2. The quantitative estimate of drug-likeness (QED) is 0.798. The third kappa shape index (κ3) is 4.69. The predicted molar refractivity (Wildman–Crippen MR) is 104 cm³/mol. The highest BCUT2D eigenvalue weighted by atomic mass is 32.2. The van der Waals surface area contributed by atoms with Crippen molar-refractivity contribution in [3.05, 3.63) is 54.3 Å². The predicted octanol–water partition coefficient (Wildman–Crippen LogP) is 3.41. The minimum Gasteiger partial charge on any atom is -0.497 e. The van der Waals surface area contributed by atoms with Gasteiger partial charge in [0.15, 0.2) is 0 Å². The Morgan fingerprint density at radius 3 is 2.68 bits per heavy atom. The first-order chi connectivity index (χ1) is 13.4. The van der Waals surface area contributed by atoms with Crippen LogP contribution in [0.1, 0.15) is 25.7 Å². The molecule has 0 saturated carbocycles. The molecule has 0 radical (unpaired) electrons. The van der Waals surface area contributed by atoms with Crippen molar-refractivity contribution >= 4 is 21.6 Å². The van der Waals surface area contributed by atoms with Gasteiger partial charge in [0.1, 0.15) is 11.6 Å². The number of nitrogens with zero attached hydrogens (tertiary/aromatic N) is 1. The second-order valence-corrected chi connectivity index (χ2v) is 8.59. The Morgan fingerprint density at radius 1 is 1.21 bits per heavy atom. The number of carbonyl (C=O) groups is 1. The minimum absolute atomic E-state index is 0.0361. The van der Waals surface area contributed by atoms with Gasteiger partial charge in [-0.2, -0.15) is 4.31 Å². The van der Waals surface area contributed by atoms with E-state index >= 15 is 0 Å². The minimum atomic E-state index is -3.79. The van der Waals surface area contributed by atoms with Crippen molar-refractivity contribution in [2.24, 2.45) is 0 Å². The number of carbonyl (C=O) groups excluding carboxylic acids is 1. The van der Waals surface area contributed by atoms with Crippen LogP contribution in [-0.2, 0) is 14.8 Å². The van der Waals surface area contributed by atoms with Crippen molar-refractivity contribution in [2.45, 2.75) is 36.6 Å². The molecule has 28 heavy (non-hydrogen) atoms. The lowest BCUT2D eigenvalue weighted by molar-refractivity contribution is -0.117. The molecule has 0 bridgehead atoms. The first-order valence-corrected chi connectivity index (χ1v) is 10.6. The second kappa shape index (κ2) is 8.70. The van der Waals surface area contributed by atoms with Gasteiger partial charge in [0, 0.05) is 30.8 Å². The van der Waals surface area contributed by atoms with Gasteiger partial charge in [-0.1, -0.05) is 12.5 Å². The van der Waals surface area contributed by atoms with E-state index < -0.39 is 21.9 Å². The van der Waals surface area contributed by atoms with Crippen LogP contribution in [0.15, 0.2) is 53.4 Å². The van der Waals surface area contributed by atoms with Crippen LogP contribution in [0.2, 0.25) is 0 Å². The summed E-state index contributed by atoms with van der Waals surface area (Å²) in [7, 11) is -2.25. The topological polar surface area (TPSA) is 75.7 Å². The Hall–Kier alpha value is -2.45. The van der Waals surface area contributed by atoms with Crippen LogP contribution >= 0.6 is 0 Å². The van der Waals surface area contributed by atoms with Crippen LogP contribution in [0.5, 0.6) is 5.75 Å². The van der Waals surface area contributed by atoms with Crippen molar-refractivity contribution in [1.29, 1.82) is 0 Å². The van der Waals surface area contributed by atoms with Gasteiger partial charge in [-0.25, -0.2) is 12.8 Å². The fourth-order valence-electron chi connectivity index (χ4n) is 3.36. The summed E-state index contributed by atoms with van der Waals surface area (Å²) in [6.07, 6.45) is 2.24. The van der Waals surface area contributed by atoms with E-state index in [9.17, 15) is 17.6 Å². The molecular weight excluding hydrogens is 383 g/mol. The zero-order chi connectivity index (χ0) is 20.1. The summed E-state index contributed by atoms with van der Waals surface area (Å²) < 4.78 is 45.6. The molecule has 1 fully saturated rings. The van der Waals surface area contributed by atoms with Gasteiger partial charge in [-0.3, -0.25) is 4.79 Å². The van der Waals surface area contributed by atoms with E-state index in [4.69, 9.17) is 4.74 Å². The highest BCUT2D eigenvalue weighted by Crippen LogP contribution is 2.28. The summed E-state index contributed by atoms with van der Waals surface area (Å²) in [4.78, 5) is 12.5.